The molecule has 2 amide bonds. The fraction of sp³-hybridized carbons (Fsp3) is 0.529. The zero-order valence-corrected chi connectivity index (χ0v) is 16.0. The van der Waals surface area contributed by atoms with Crippen molar-refractivity contribution < 1.29 is 14.0 Å². The standard InChI is InChI=1S/C17H24FN3O2S.ClH/c1-11-7-13(8-19)9-21(11)17(23)12(2)24-10-16(22)20-15-5-3-14(18)4-6-15;/h3-6,11-13H,7-10,19H2,1-2H3,(H,20,22);1H. The molecule has 3 unspecified atom stereocenters. The Hall–Kier alpha value is -1.31. The number of nitrogens with two attached hydrogens (primary N) is 1. The smallest absolute Gasteiger partial charge is 0.235 e. The van der Waals surface area contributed by atoms with Crippen LogP contribution in [0.2, 0.25) is 0 Å². The van der Waals surface area contributed by atoms with Crippen LogP contribution in [-0.2, 0) is 9.59 Å². The minimum absolute atomic E-state index is 0. The summed E-state index contributed by atoms with van der Waals surface area (Å²) in [5.74, 6) is 0.0333. The molecule has 5 nitrogen and oxygen atoms in total. The summed E-state index contributed by atoms with van der Waals surface area (Å²) in [5, 5.41) is 2.40. The fourth-order valence-electron chi connectivity index (χ4n) is 2.86. The molecule has 0 radical (unpaired) electrons. The number of hydrogen-bond acceptors (Lipinski definition) is 4. The first-order valence-corrected chi connectivity index (χ1v) is 9.13. The SMILES string of the molecule is CC(SCC(=O)Nc1ccc(F)cc1)C(=O)N1CC(CN)CC1C.Cl. The van der Waals surface area contributed by atoms with Crippen LogP contribution in [0.3, 0.4) is 0 Å². The zero-order chi connectivity index (χ0) is 17.7. The Morgan fingerprint density at radius 2 is 2.04 bits per heavy atom. The highest BCUT2D eigenvalue weighted by Gasteiger charge is 2.33. The first kappa shape index (κ1) is 21.7. The molecule has 25 heavy (non-hydrogen) atoms. The van der Waals surface area contributed by atoms with Crippen LogP contribution in [-0.4, -0.2) is 46.8 Å². The first-order chi connectivity index (χ1) is 11.4. The summed E-state index contributed by atoms with van der Waals surface area (Å²) in [5.41, 5.74) is 6.24. The Labute approximate surface area is 158 Å². The number of likely N-dealkylation sites (tertiary alicyclic amines) is 1. The predicted molar refractivity (Wildman–Crippen MR) is 103 cm³/mol. The maximum Gasteiger partial charge on any atom is 0.235 e. The molecule has 1 heterocycles. The second-order valence-corrected chi connectivity index (χ2v) is 7.51. The van der Waals surface area contributed by atoms with Crippen molar-refractivity contribution in [3.63, 3.8) is 0 Å². The van der Waals surface area contributed by atoms with E-state index in [0.29, 0.717) is 24.7 Å². The van der Waals surface area contributed by atoms with Crippen LogP contribution >= 0.6 is 24.2 Å². The van der Waals surface area contributed by atoms with Gasteiger partial charge >= 0.3 is 0 Å². The summed E-state index contributed by atoms with van der Waals surface area (Å²) in [6, 6.07) is 5.79. The lowest BCUT2D eigenvalue weighted by molar-refractivity contribution is -0.130. The number of halogens is 2. The van der Waals surface area contributed by atoms with E-state index in [9.17, 15) is 14.0 Å². The summed E-state index contributed by atoms with van der Waals surface area (Å²) in [6.07, 6.45) is 0.935. The van der Waals surface area contributed by atoms with Crippen molar-refractivity contribution in [1.29, 1.82) is 0 Å². The number of benzene rings is 1. The van der Waals surface area contributed by atoms with Gasteiger partial charge < -0.3 is 16.0 Å². The van der Waals surface area contributed by atoms with E-state index in [2.05, 4.69) is 5.32 Å². The number of thioether (sulfide) groups is 1. The summed E-state index contributed by atoms with van der Waals surface area (Å²) in [6.45, 7) is 5.14. The minimum atomic E-state index is -0.350. The van der Waals surface area contributed by atoms with Gasteiger partial charge in [-0.1, -0.05) is 0 Å². The number of hydrogen-bond donors (Lipinski definition) is 2. The average Bonchev–Trinajstić information content (AvgIpc) is 2.95. The van der Waals surface area contributed by atoms with Crippen LogP contribution in [0.25, 0.3) is 0 Å². The van der Waals surface area contributed by atoms with Crippen molar-refractivity contribution in [2.45, 2.75) is 31.6 Å². The Kier molecular flexibility index (Phi) is 8.68. The van der Waals surface area contributed by atoms with Crippen LogP contribution in [0, 0.1) is 11.7 Å². The number of nitrogens with one attached hydrogen (secondary N) is 1. The summed E-state index contributed by atoms with van der Waals surface area (Å²) < 4.78 is 12.8. The van der Waals surface area contributed by atoms with Crippen molar-refractivity contribution in [1.82, 2.24) is 4.90 Å². The third-order valence-electron chi connectivity index (χ3n) is 4.22. The van der Waals surface area contributed by atoms with Gasteiger partial charge in [0.25, 0.3) is 0 Å². The average molecular weight is 390 g/mol. The maximum absolute atomic E-state index is 12.8. The van der Waals surface area contributed by atoms with Gasteiger partial charge in [-0.25, -0.2) is 4.39 Å². The Morgan fingerprint density at radius 1 is 1.40 bits per heavy atom. The number of amides is 2. The molecule has 1 saturated heterocycles. The molecule has 0 spiro atoms. The van der Waals surface area contributed by atoms with E-state index in [1.165, 1.54) is 36.0 Å². The minimum Gasteiger partial charge on any atom is -0.339 e. The molecule has 0 saturated carbocycles. The van der Waals surface area contributed by atoms with Gasteiger partial charge in [0.1, 0.15) is 5.82 Å². The molecule has 0 bridgehead atoms. The number of carbonyl (C=O) groups is 2. The number of anilines is 1. The van der Waals surface area contributed by atoms with Crippen LogP contribution in [0.1, 0.15) is 20.3 Å². The van der Waals surface area contributed by atoms with E-state index < -0.39 is 0 Å². The van der Waals surface area contributed by atoms with Gasteiger partial charge in [-0.3, -0.25) is 9.59 Å². The Bertz CT molecular complexity index is 588. The van der Waals surface area contributed by atoms with Crippen molar-refractivity contribution in [2.24, 2.45) is 11.7 Å². The van der Waals surface area contributed by atoms with Crippen molar-refractivity contribution in [3.05, 3.63) is 30.1 Å². The molecule has 1 fully saturated rings. The van der Waals surface area contributed by atoms with Gasteiger partial charge in [0.05, 0.1) is 11.0 Å². The summed E-state index contributed by atoms with van der Waals surface area (Å²) in [4.78, 5) is 26.3. The Morgan fingerprint density at radius 3 is 2.60 bits per heavy atom. The van der Waals surface area contributed by atoms with Crippen LogP contribution in [0.4, 0.5) is 10.1 Å². The van der Waals surface area contributed by atoms with Gasteiger partial charge in [0.15, 0.2) is 0 Å². The molecule has 140 valence electrons. The summed E-state index contributed by atoms with van der Waals surface area (Å²) >= 11 is 1.30. The second kappa shape index (κ2) is 9.99. The molecule has 1 aromatic carbocycles. The van der Waals surface area contributed by atoms with E-state index in [1.54, 1.807) is 0 Å². The monoisotopic (exact) mass is 389 g/mol. The van der Waals surface area contributed by atoms with Gasteiger partial charge in [-0.15, -0.1) is 24.2 Å². The van der Waals surface area contributed by atoms with Gasteiger partial charge in [-0.05, 0) is 57.0 Å². The molecule has 0 aliphatic carbocycles. The molecular formula is C17H25ClFN3O2S. The Balaban J connectivity index is 0.00000312. The zero-order valence-electron chi connectivity index (χ0n) is 14.4. The van der Waals surface area contributed by atoms with E-state index >= 15 is 0 Å². The third-order valence-corrected chi connectivity index (χ3v) is 5.35. The third kappa shape index (κ3) is 6.17. The molecule has 3 N–H and O–H groups in total. The maximum atomic E-state index is 12.8. The van der Waals surface area contributed by atoms with Crippen molar-refractivity contribution in [3.8, 4) is 0 Å². The largest absolute Gasteiger partial charge is 0.339 e. The predicted octanol–water partition coefficient (Wildman–Crippen LogP) is 2.50. The molecule has 0 aromatic heterocycles. The lowest BCUT2D eigenvalue weighted by atomic mass is 10.1. The van der Waals surface area contributed by atoms with Gasteiger partial charge in [0.2, 0.25) is 11.8 Å². The fourth-order valence-corrected chi connectivity index (χ4v) is 3.61. The highest BCUT2D eigenvalue weighted by atomic mass is 35.5. The number of carbonyl (C=O) groups excluding carboxylic acids is 2. The van der Waals surface area contributed by atoms with Crippen LogP contribution < -0.4 is 11.1 Å². The molecule has 3 atom stereocenters. The molecule has 2 rings (SSSR count). The topological polar surface area (TPSA) is 75.4 Å². The van der Waals surface area contributed by atoms with Crippen molar-refractivity contribution in [2.75, 3.05) is 24.2 Å². The first-order valence-electron chi connectivity index (χ1n) is 8.08. The van der Waals surface area contributed by atoms with E-state index in [4.69, 9.17) is 5.73 Å². The van der Waals surface area contributed by atoms with Crippen molar-refractivity contribution >= 4 is 41.7 Å². The number of nitrogens with zero attached hydrogens (tertiary/aromatic N) is 1. The lowest BCUT2D eigenvalue weighted by Gasteiger charge is -2.24. The molecule has 1 aliphatic rings. The highest BCUT2D eigenvalue weighted by molar-refractivity contribution is 8.01. The molecular weight excluding hydrogens is 365 g/mol. The molecule has 8 heteroatoms. The summed E-state index contributed by atoms with van der Waals surface area (Å²) in [7, 11) is 0. The van der Waals surface area contributed by atoms with E-state index in [-0.39, 0.29) is 47.1 Å². The van der Waals surface area contributed by atoms with E-state index in [1.807, 2.05) is 18.7 Å². The lowest BCUT2D eigenvalue weighted by Crippen LogP contribution is -2.39. The van der Waals surface area contributed by atoms with Gasteiger partial charge in [0, 0.05) is 18.3 Å². The second-order valence-electron chi connectivity index (χ2n) is 6.19. The molecule has 1 aliphatic heterocycles. The number of rotatable bonds is 6. The van der Waals surface area contributed by atoms with Crippen LogP contribution in [0.15, 0.2) is 24.3 Å². The highest BCUT2D eigenvalue weighted by Crippen LogP contribution is 2.25. The van der Waals surface area contributed by atoms with E-state index in [0.717, 1.165) is 6.42 Å². The van der Waals surface area contributed by atoms with Crippen LogP contribution in [0.5, 0.6) is 0 Å². The quantitative estimate of drug-likeness (QED) is 0.783. The normalized spacial score (nSPS) is 20.7. The van der Waals surface area contributed by atoms with Gasteiger partial charge in [-0.2, -0.15) is 0 Å². The molecule has 1 aromatic rings.